The molecule has 1 aromatic heterocycles. The third kappa shape index (κ3) is 4.02. The number of rotatable bonds is 5. The lowest BCUT2D eigenvalue weighted by Crippen LogP contribution is -2.14. The molecule has 134 valence electrons. The van der Waals surface area contributed by atoms with Crippen LogP contribution in [0.25, 0.3) is 0 Å². The molecule has 0 atom stereocenters. The van der Waals surface area contributed by atoms with Gasteiger partial charge in [0.15, 0.2) is 0 Å². The Morgan fingerprint density at radius 1 is 1.31 bits per heavy atom. The van der Waals surface area contributed by atoms with Gasteiger partial charge in [-0.05, 0) is 52.5 Å². The van der Waals surface area contributed by atoms with Crippen molar-refractivity contribution in [3.05, 3.63) is 52.3 Å². The summed E-state index contributed by atoms with van der Waals surface area (Å²) < 4.78 is 21.4. The van der Waals surface area contributed by atoms with Gasteiger partial charge >= 0.3 is 0 Å². The van der Waals surface area contributed by atoms with E-state index in [1.54, 1.807) is 13.1 Å². The van der Waals surface area contributed by atoms with Crippen LogP contribution in [0.1, 0.15) is 10.4 Å². The first-order chi connectivity index (χ1) is 12.5. The van der Waals surface area contributed by atoms with E-state index in [0.717, 1.165) is 10.5 Å². The van der Waals surface area contributed by atoms with E-state index >= 15 is 0 Å². The molecule has 0 saturated carbocycles. The zero-order valence-corrected chi connectivity index (χ0v) is 16.1. The molecule has 0 bridgehead atoms. The number of amides is 1. The summed E-state index contributed by atoms with van der Waals surface area (Å²) in [5, 5.41) is 14.6. The van der Waals surface area contributed by atoms with Gasteiger partial charge in [0, 0.05) is 22.5 Å². The van der Waals surface area contributed by atoms with E-state index in [0.29, 0.717) is 21.5 Å². The van der Waals surface area contributed by atoms with Crippen LogP contribution < -0.4 is 10.1 Å². The second kappa shape index (κ2) is 7.83. The van der Waals surface area contributed by atoms with E-state index in [4.69, 9.17) is 4.74 Å². The van der Waals surface area contributed by atoms with Gasteiger partial charge in [-0.2, -0.15) is 0 Å². The molecule has 26 heavy (non-hydrogen) atoms. The molecule has 1 heterocycles. The number of aromatic nitrogens is 4. The van der Waals surface area contributed by atoms with Crippen LogP contribution in [0.4, 0.5) is 10.1 Å². The van der Waals surface area contributed by atoms with Gasteiger partial charge in [-0.15, -0.1) is 5.10 Å². The van der Waals surface area contributed by atoms with Crippen LogP contribution in [-0.4, -0.2) is 33.2 Å². The van der Waals surface area contributed by atoms with Crippen LogP contribution >= 0.6 is 27.7 Å². The maximum absolute atomic E-state index is 14.1. The SMILES string of the molecule is COc1ccc(C(=O)Nc2cc(Br)ccc2Sc2nnnn2C)c(F)c1. The van der Waals surface area contributed by atoms with Gasteiger partial charge in [0.2, 0.25) is 5.16 Å². The van der Waals surface area contributed by atoms with Gasteiger partial charge < -0.3 is 10.1 Å². The largest absolute Gasteiger partial charge is 0.497 e. The minimum absolute atomic E-state index is 0.0814. The number of tetrazole rings is 1. The summed E-state index contributed by atoms with van der Waals surface area (Å²) in [5.41, 5.74) is 0.426. The summed E-state index contributed by atoms with van der Waals surface area (Å²) in [7, 11) is 3.15. The Balaban J connectivity index is 1.88. The molecule has 3 rings (SSSR count). The second-order valence-electron chi connectivity index (χ2n) is 5.13. The third-order valence-electron chi connectivity index (χ3n) is 3.39. The molecule has 0 spiro atoms. The minimum atomic E-state index is -0.663. The number of anilines is 1. The van der Waals surface area contributed by atoms with Crippen LogP contribution in [0.2, 0.25) is 0 Å². The fraction of sp³-hybridized carbons (Fsp3) is 0.125. The van der Waals surface area contributed by atoms with Gasteiger partial charge in [-0.1, -0.05) is 15.9 Å². The molecule has 0 aliphatic rings. The van der Waals surface area contributed by atoms with Gasteiger partial charge in [0.1, 0.15) is 11.6 Å². The summed E-state index contributed by atoms with van der Waals surface area (Å²) in [4.78, 5) is 13.2. The first-order valence-electron chi connectivity index (χ1n) is 7.32. The van der Waals surface area contributed by atoms with Crippen LogP contribution in [0.5, 0.6) is 5.75 Å². The number of benzene rings is 2. The van der Waals surface area contributed by atoms with Crippen molar-refractivity contribution >= 4 is 39.3 Å². The average molecular weight is 438 g/mol. The number of nitrogens with one attached hydrogen (secondary N) is 1. The molecule has 0 aliphatic heterocycles. The first-order valence-corrected chi connectivity index (χ1v) is 8.93. The van der Waals surface area contributed by atoms with Crippen molar-refractivity contribution in [1.82, 2.24) is 20.2 Å². The topological polar surface area (TPSA) is 81.9 Å². The van der Waals surface area contributed by atoms with E-state index in [1.165, 1.54) is 35.7 Å². The first kappa shape index (κ1) is 18.3. The van der Waals surface area contributed by atoms with Gasteiger partial charge in [-0.25, -0.2) is 9.07 Å². The Hall–Kier alpha value is -2.46. The molecule has 0 fully saturated rings. The predicted molar refractivity (Wildman–Crippen MR) is 98.0 cm³/mol. The number of carbonyl (C=O) groups excluding carboxylic acids is 1. The van der Waals surface area contributed by atoms with Crippen molar-refractivity contribution in [2.75, 3.05) is 12.4 Å². The smallest absolute Gasteiger partial charge is 0.258 e. The number of methoxy groups -OCH3 is 1. The van der Waals surface area contributed by atoms with Crippen molar-refractivity contribution in [3.8, 4) is 5.75 Å². The number of aryl methyl sites for hydroxylation is 1. The number of halogens is 2. The highest BCUT2D eigenvalue weighted by atomic mass is 79.9. The highest BCUT2D eigenvalue weighted by Crippen LogP contribution is 2.34. The molecule has 0 unspecified atom stereocenters. The normalized spacial score (nSPS) is 10.6. The molecule has 2 aromatic carbocycles. The Kier molecular flexibility index (Phi) is 5.52. The molecular weight excluding hydrogens is 425 g/mol. The quantitative estimate of drug-likeness (QED) is 0.657. The molecule has 0 radical (unpaired) electrons. The number of ether oxygens (including phenoxy) is 1. The molecule has 10 heteroatoms. The van der Waals surface area contributed by atoms with Crippen LogP contribution in [-0.2, 0) is 7.05 Å². The maximum Gasteiger partial charge on any atom is 0.258 e. The number of hydrogen-bond acceptors (Lipinski definition) is 6. The average Bonchev–Trinajstić information content (AvgIpc) is 3.01. The number of nitrogens with zero attached hydrogens (tertiary/aromatic N) is 4. The number of hydrogen-bond donors (Lipinski definition) is 1. The summed E-state index contributed by atoms with van der Waals surface area (Å²) in [6, 6.07) is 9.43. The van der Waals surface area contributed by atoms with E-state index in [2.05, 4.69) is 36.8 Å². The maximum atomic E-state index is 14.1. The van der Waals surface area contributed by atoms with Crippen LogP contribution in [0.3, 0.4) is 0 Å². The van der Waals surface area contributed by atoms with E-state index in [-0.39, 0.29) is 5.56 Å². The summed E-state index contributed by atoms with van der Waals surface area (Å²) in [6.45, 7) is 0. The zero-order chi connectivity index (χ0) is 18.7. The van der Waals surface area contributed by atoms with Gasteiger partial charge in [0.25, 0.3) is 5.91 Å². The molecule has 0 aliphatic carbocycles. The zero-order valence-electron chi connectivity index (χ0n) is 13.7. The van der Waals surface area contributed by atoms with Crippen molar-refractivity contribution in [1.29, 1.82) is 0 Å². The summed E-state index contributed by atoms with van der Waals surface area (Å²) in [6.07, 6.45) is 0. The molecule has 0 saturated heterocycles. The Bertz CT molecular complexity index is 966. The predicted octanol–water partition coefficient (Wildman–Crippen LogP) is 3.52. The van der Waals surface area contributed by atoms with Crippen molar-refractivity contribution in [2.45, 2.75) is 10.1 Å². The van der Waals surface area contributed by atoms with Crippen LogP contribution in [0, 0.1) is 5.82 Å². The van der Waals surface area contributed by atoms with E-state index < -0.39 is 11.7 Å². The monoisotopic (exact) mass is 437 g/mol. The fourth-order valence-corrected chi connectivity index (χ4v) is 3.25. The van der Waals surface area contributed by atoms with Crippen molar-refractivity contribution in [3.63, 3.8) is 0 Å². The van der Waals surface area contributed by atoms with Gasteiger partial charge in [-0.3, -0.25) is 4.79 Å². The molecule has 1 amide bonds. The molecule has 1 N–H and O–H groups in total. The van der Waals surface area contributed by atoms with Crippen molar-refractivity contribution in [2.24, 2.45) is 7.05 Å². The third-order valence-corrected chi connectivity index (χ3v) is 4.99. The fourth-order valence-electron chi connectivity index (χ4n) is 2.09. The molecule has 7 nitrogen and oxygen atoms in total. The standard InChI is InChI=1S/C16H13BrFN5O2S/c1-23-16(20-21-22-23)26-14-6-3-9(17)7-13(14)19-15(24)11-5-4-10(25-2)8-12(11)18/h3-8H,1-2H3,(H,19,24). The Labute approximate surface area is 161 Å². The minimum Gasteiger partial charge on any atom is -0.497 e. The van der Waals surface area contributed by atoms with Crippen molar-refractivity contribution < 1.29 is 13.9 Å². The second-order valence-corrected chi connectivity index (χ2v) is 7.05. The summed E-state index contributed by atoms with van der Waals surface area (Å²) >= 11 is 4.65. The Morgan fingerprint density at radius 3 is 2.77 bits per heavy atom. The van der Waals surface area contributed by atoms with Gasteiger partial charge in [0.05, 0.1) is 18.4 Å². The summed E-state index contributed by atoms with van der Waals surface area (Å²) in [5.74, 6) is -0.891. The lowest BCUT2D eigenvalue weighted by molar-refractivity contribution is 0.102. The lowest BCUT2D eigenvalue weighted by atomic mass is 10.2. The molecular formula is C16H13BrFN5O2S. The highest BCUT2D eigenvalue weighted by Gasteiger charge is 2.16. The van der Waals surface area contributed by atoms with E-state index in [9.17, 15) is 9.18 Å². The highest BCUT2D eigenvalue weighted by molar-refractivity contribution is 9.10. The molecule has 3 aromatic rings. The van der Waals surface area contributed by atoms with Crippen LogP contribution in [0.15, 0.2) is 50.9 Å². The van der Waals surface area contributed by atoms with E-state index in [1.807, 2.05) is 12.1 Å². The lowest BCUT2D eigenvalue weighted by Gasteiger charge is -2.12. The Morgan fingerprint density at radius 2 is 2.12 bits per heavy atom. The number of carbonyl (C=O) groups is 1.